The number of hydrogen-bond acceptors (Lipinski definition) is 5. The predicted octanol–water partition coefficient (Wildman–Crippen LogP) is -1.04. The van der Waals surface area contributed by atoms with E-state index in [2.05, 4.69) is 9.71 Å². The van der Waals surface area contributed by atoms with Crippen molar-refractivity contribution in [1.82, 2.24) is 5.32 Å². The van der Waals surface area contributed by atoms with E-state index in [0.29, 0.717) is 0 Å². The molecular formula is C3H5N3O2S. The van der Waals surface area contributed by atoms with Gasteiger partial charge >= 0.3 is 5.97 Å². The highest BCUT2D eigenvalue weighted by Gasteiger charge is 2.37. The Bertz CT molecular complexity index is 160. The van der Waals surface area contributed by atoms with Crippen LogP contribution in [0.15, 0.2) is 4.40 Å². The van der Waals surface area contributed by atoms with Crippen molar-refractivity contribution < 1.29 is 9.90 Å². The smallest absolute Gasteiger partial charge is 0.357 e. The maximum absolute atomic E-state index is 10.2. The maximum Gasteiger partial charge on any atom is 0.357 e. The molecule has 0 aromatic rings. The first kappa shape index (κ1) is 6.37. The summed E-state index contributed by atoms with van der Waals surface area (Å²) in [5.74, 6) is -1.12. The van der Waals surface area contributed by atoms with Gasteiger partial charge in [-0.1, -0.05) is 0 Å². The molecule has 0 aromatic carbocycles. The van der Waals surface area contributed by atoms with Crippen LogP contribution in [-0.2, 0) is 4.79 Å². The maximum atomic E-state index is 10.2. The van der Waals surface area contributed by atoms with Crippen molar-refractivity contribution in [1.29, 1.82) is 0 Å². The molecule has 6 heteroatoms. The van der Waals surface area contributed by atoms with Crippen LogP contribution in [0.1, 0.15) is 0 Å². The van der Waals surface area contributed by atoms with Crippen LogP contribution in [-0.4, -0.2) is 22.4 Å². The molecule has 9 heavy (non-hydrogen) atoms. The van der Waals surface area contributed by atoms with Crippen molar-refractivity contribution in [3.63, 3.8) is 0 Å². The summed E-state index contributed by atoms with van der Waals surface area (Å²) in [6, 6.07) is 0. The van der Waals surface area contributed by atoms with Crippen LogP contribution in [0.3, 0.4) is 0 Å². The van der Waals surface area contributed by atoms with Gasteiger partial charge in [-0.3, -0.25) is 5.73 Å². The monoisotopic (exact) mass is 147 g/mol. The molecule has 1 unspecified atom stereocenters. The summed E-state index contributed by atoms with van der Waals surface area (Å²) in [5.41, 5.74) is 5.23. The summed E-state index contributed by atoms with van der Waals surface area (Å²) in [6.45, 7) is 0. The fraction of sp³-hybridized carbons (Fsp3) is 0.333. The fourth-order valence-electron chi connectivity index (χ4n) is 0.359. The Morgan fingerprint density at radius 1 is 2.00 bits per heavy atom. The Morgan fingerprint density at radius 3 is 2.89 bits per heavy atom. The molecule has 1 aliphatic heterocycles. The topological polar surface area (TPSA) is 87.7 Å². The zero-order chi connectivity index (χ0) is 6.91. The molecule has 1 heterocycles. The minimum absolute atomic E-state index is 0.789. The largest absolute Gasteiger partial charge is 0.478 e. The molecule has 1 atom stereocenters. The van der Waals surface area contributed by atoms with E-state index >= 15 is 0 Å². The zero-order valence-corrected chi connectivity index (χ0v) is 5.18. The number of nitrogens with two attached hydrogens (primary N) is 1. The lowest BCUT2D eigenvalue weighted by Gasteiger charge is -2.14. The van der Waals surface area contributed by atoms with Crippen molar-refractivity contribution in [2.45, 2.75) is 4.99 Å². The van der Waals surface area contributed by atoms with E-state index < -0.39 is 11.0 Å². The van der Waals surface area contributed by atoms with Crippen molar-refractivity contribution in [2.75, 3.05) is 0 Å². The summed E-state index contributed by atoms with van der Waals surface area (Å²) in [4.78, 5) is 8.79. The lowest BCUT2D eigenvalue weighted by Crippen LogP contribution is -2.53. The molecule has 0 radical (unpaired) electrons. The van der Waals surface area contributed by atoms with Crippen LogP contribution < -0.4 is 11.1 Å². The van der Waals surface area contributed by atoms with Gasteiger partial charge in [0.1, 0.15) is 0 Å². The van der Waals surface area contributed by atoms with Crippen LogP contribution in [0.2, 0.25) is 0 Å². The van der Waals surface area contributed by atoms with Gasteiger partial charge in [0.2, 0.25) is 0 Å². The van der Waals surface area contributed by atoms with Gasteiger partial charge in [-0.15, -0.1) is 0 Å². The normalized spacial score (nSPS) is 32.1. The number of nitrogens with zero attached hydrogens (tertiary/aromatic N) is 1. The van der Waals surface area contributed by atoms with Gasteiger partial charge < -0.3 is 10.4 Å². The minimum atomic E-state index is -1.44. The van der Waals surface area contributed by atoms with Gasteiger partial charge in [0.05, 0.1) is 6.34 Å². The molecule has 0 aromatic heterocycles. The molecule has 0 bridgehead atoms. The Balaban J connectivity index is 2.66. The van der Waals surface area contributed by atoms with Gasteiger partial charge in [0, 0.05) is 11.9 Å². The molecule has 4 N–H and O–H groups in total. The molecule has 5 nitrogen and oxygen atoms in total. The standard InChI is InChI=1S/C3H5N3O2S/c4-3(2(7)8)5-1-6-9-3/h1H,4H2,(H,5,6)(H,7,8). The van der Waals surface area contributed by atoms with Crippen LogP contribution in [0, 0.1) is 0 Å². The Kier molecular flexibility index (Phi) is 1.34. The molecule has 0 fully saturated rings. The molecular weight excluding hydrogens is 142 g/mol. The van der Waals surface area contributed by atoms with Crippen LogP contribution in [0.25, 0.3) is 0 Å². The van der Waals surface area contributed by atoms with E-state index in [1.54, 1.807) is 0 Å². The molecule has 1 rings (SSSR count). The van der Waals surface area contributed by atoms with Gasteiger partial charge in [0.25, 0.3) is 4.99 Å². The highest BCUT2D eigenvalue weighted by Crippen LogP contribution is 2.20. The number of carbonyl (C=O) groups is 1. The van der Waals surface area contributed by atoms with Gasteiger partial charge in [-0.05, 0) is 0 Å². The third-order valence-corrected chi connectivity index (χ3v) is 1.64. The SMILES string of the molecule is NC1(C(=O)O)NC=NS1. The first-order valence-corrected chi connectivity index (χ1v) is 2.92. The second kappa shape index (κ2) is 1.89. The quantitative estimate of drug-likeness (QED) is 0.412. The van der Waals surface area contributed by atoms with Crippen LogP contribution in [0.5, 0.6) is 0 Å². The van der Waals surface area contributed by atoms with E-state index in [-0.39, 0.29) is 0 Å². The average Bonchev–Trinajstić information content (AvgIpc) is 2.16. The third-order valence-electron chi connectivity index (χ3n) is 0.846. The summed E-state index contributed by atoms with van der Waals surface area (Å²) >= 11 is 0.789. The van der Waals surface area contributed by atoms with E-state index in [4.69, 9.17) is 10.8 Å². The number of hydrogen-bond donors (Lipinski definition) is 3. The minimum Gasteiger partial charge on any atom is -0.478 e. The first-order chi connectivity index (χ1) is 4.15. The van der Waals surface area contributed by atoms with Gasteiger partial charge in [-0.2, -0.15) is 0 Å². The average molecular weight is 147 g/mol. The van der Waals surface area contributed by atoms with E-state index in [9.17, 15) is 4.79 Å². The van der Waals surface area contributed by atoms with E-state index in [0.717, 1.165) is 11.9 Å². The molecule has 0 spiro atoms. The highest BCUT2D eigenvalue weighted by atomic mass is 32.2. The Labute approximate surface area is 55.5 Å². The molecule has 1 aliphatic rings. The molecule has 0 saturated carbocycles. The second-order valence-electron chi connectivity index (χ2n) is 1.51. The Morgan fingerprint density at radius 2 is 2.67 bits per heavy atom. The number of nitrogens with one attached hydrogen (secondary N) is 1. The lowest BCUT2D eigenvalue weighted by atomic mass is 10.5. The van der Waals surface area contributed by atoms with Gasteiger partial charge in [0.15, 0.2) is 0 Å². The van der Waals surface area contributed by atoms with E-state index in [1.165, 1.54) is 6.34 Å². The first-order valence-electron chi connectivity index (χ1n) is 2.15. The third kappa shape index (κ3) is 0.984. The van der Waals surface area contributed by atoms with E-state index in [1.807, 2.05) is 0 Å². The van der Waals surface area contributed by atoms with Crippen molar-refractivity contribution >= 4 is 24.3 Å². The van der Waals surface area contributed by atoms with Gasteiger partial charge in [-0.25, -0.2) is 9.19 Å². The zero-order valence-electron chi connectivity index (χ0n) is 4.37. The Hall–Kier alpha value is -0.750. The highest BCUT2D eigenvalue weighted by molar-refractivity contribution is 8.00. The summed E-state index contributed by atoms with van der Waals surface area (Å²) in [6.07, 6.45) is 1.26. The summed E-state index contributed by atoms with van der Waals surface area (Å²) in [5, 5.41) is 10.8. The van der Waals surface area contributed by atoms with Crippen molar-refractivity contribution in [2.24, 2.45) is 10.1 Å². The fourth-order valence-corrected chi connectivity index (χ4v) is 0.814. The van der Waals surface area contributed by atoms with Crippen LogP contribution in [0.4, 0.5) is 0 Å². The predicted molar refractivity (Wildman–Crippen MR) is 33.8 cm³/mol. The number of carboxylic acids is 1. The van der Waals surface area contributed by atoms with Crippen LogP contribution >= 0.6 is 11.9 Å². The van der Waals surface area contributed by atoms with Crippen molar-refractivity contribution in [3.8, 4) is 0 Å². The molecule has 0 amide bonds. The molecule has 0 saturated heterocycles. The summed E-state index contributed by atoms with van der Waals surface area (Å²) < 4.78 is 3.53. The van der Waals surface area contributed by atoms with Crippen molar-refractivity contribution in [3.05, 3.63) is 0 Å². The molecule has 50 valence electrons. The lowest BCUT2D eigenvalue weighted by molar-refractivity contribution is -0.140. The number of rotatable bonds is 1. The summed E-state index contributed by atoms with van der Waals surface area (Å²) in [7, 11) is 0. The molecule has 0 aliphatic carbocycles. The number of aliphatic carboxylic acids is 1. The number of carboxylic acid groups (broad SMARTS) is 1. The second-order valence-corrected chi connectivity index (χ2v) is 2.55.